The van der Waals surface area contributed by atoms with Crippen molar-refractivity contribution in [3.63, 3.8) is 0 Å². The average Bonchev–Trinajstić information content (AvgIpc) is 3.26. The smallest absolute Gasteiger partial charge is 0.379 e. The summed E-state index contributed by atoms with van der Waals surface area (Å²) in [4.78, 5) is 27.5. The lowest BCUT2D eigenvalue weighted by Crippen LogP contribution is -2.28. The first kappa shape index (κ1) is 22.3. The Morgan fingerprint density at radius 3 is 2.62 bits per heavy atom. The van der Waals surface area contributed by atoms with Crippen LogP contribution in [0.25, 0.3) is 17.0 Å². The second-order valence-corrected chi connectivity index (χ2v) is 9.23. The molecule has 1 aliphatic rings. The van der Waals surface area contributed by atoms with Gasteiger partial charge in [-0.05, 0) is 43.2 Å². The molecule has 5 nitrogen and oxygen atoms in total. The van der Waals surface area contributed by atoms with Gasteiger partial charge in [-0.1, -0.05) is 74.1 Å². The van der Waals surface area contributed by atoms with Crippen LogP contribution in [0.15, 0.2) is 57.9 Å². The standard InChI is InChI=1S/C25H23NO4S2/c1-3-4-7-14-26-23(27)21(32-25(26)31)15-17-10-12-18(13-11-17)29-24(28)22-16(2)19-8-5-6-9-20(19)30-22/h5-6,8-13,15H,3-4,7,14H2,1-2H3/b21-15-. The number of aryl methyl sites for hydroxylation is 1. The third-order valence-electron chi connectivity index (χ3n) is 5.28. The molecule has 2 heterocycles. The van der Waals surface area contributed by atoms with E-state index in [4.69, 9.17) is 21.4 Å². The van der Waals surface area contributed by atoms with Crippen LogP contribution in [0.4, 0.5) is 0 Å². The number of esters is 1. The Labute approximate surface area is 196 Å². The Balaban J connectivity index is 1.44. The summed E-state index contributed by atoms with van der Waals surface area (Å²) in [5.41, 5.74) is 2.24. The predicted molar refractivity (Wildman–Crippen MR) is 132 cm³/mol. The zero-order chi connectivity index (χ0) is 22.7. The van der Waals surface area contributed by atoms with Crippen molar-refractivity contribution in [2.45, 2.75) is 33.1 Å². The molecular formula is C25H23NO4S2. The molecule has 0 bridgehead atoms. The van der Waals surface area contributed by atoms with Gasteiger partial charge in [-0.15, -0.1) is 0 Å². The minimum atomic E-state index is -0.542. The number of para-hydroxylation sites is 1. The van der Waals surface area contributed by atoms with Gasteiger partial charge in [0.25, 0.3) is 5.91 Å². The van der Waals surface area contributed by atoms with Crippen LogP contribution < -0.4 is 4.74 Å². The van der Waals surface area contributed by atoms with Gasteiger partial charge in [-0.2, -0.15) is 0 Å². The van der Waals surface area contributed by atoms with Gasteiger partial charge in [0.2, 0.25) is 5.76 Å². The molecule has 1 aliphatic heterocycles. The predicted octanol–water partition coefficient (Wildman–Crippen LogP) is 6.35. The van der Waals surface area contributed by atoms with Crippen molar-refractivity contribution in [3.8, 4) is 5.75 Å². The number of fused-ring (bicyclic) bond motifs is 1. The molecule has 1 saturated heterocycles. The summed E-state index contributed by atoms with van der Waals surface area (Å²) < 4.78 is 11.8. The van der Waals surface area contributed by atoms with Crippen molar-refractivity contribution < 1.29 is 18.7 Å². The molecule has 0 atom stereocenters. The van der Waals surface area contributed by atoms with Crippen LogP contribution in [0, 0.1) is 6.92 Å². The highest BCUT2D eigenvalue weighted by atomic mass is 32.2. The highest BCUT2D eigenvalue weighted by Crippen LogP contribution is 2.33. The molecule has 1 aromatic heterocycles. The maximum atomic E-state index is 12.7. The monoisotopic (exact) mass is 465 g/mol. The van der Waals surface area contributed by atoms with Gasteiger partial charge in [0.05, 0.1) is 4.91 Å². The SMILES string of the molecule is CCCCCN1C(=O)/C(=C/c2ccc(OC(=O)c3oc4ccccc4c3C)cc2)SC1=S. The van der Waals surface area contributed by atoms with Crippen LogP contribution in [-0.2, 0) is 4.79 Å². The van der Waals surface area contributed by atoms with Crippen molar-refractivity contribution in [2.75, 3.05) is 6.54 Å². The maximum absolute atomic E-state index is 12.7. The second kappa shape index (κ2) is 9.71. The molecule has 7 heteroatoms. The quantitative estimate of drug-likeness (QED) is 0.133. The first-order valence-corrected chi connectivity index (χ1v) is 11.8. The number of thioether (sulfide) groups is 1. The summed E-state index contributed by atoms with van der Waals surface area (Å²) in [6.45, 7) is 4.62. The zero-order valence-electron chi connectivity index (χ0n) is 17.9. The van der Waals surface area contributed by atoms with E-state index in [2.05, 4.69) is 6.92 Å². The molecule has 0 spiro atoms. The number of unbranched alkanes of at least 4 members (excludes halogenated alkanes) is 2. The highest BCUT2D eigenvalue weighted by Gasteiger charge is 2.31. The summed E-state index contributed by atoms with van der Waals surface area (Å²) in [5, 5.41) is 0.891. The number of furan rings is 1. The molecule has 0 N–H and O–H groups in total. The second-order valence-electron chi connectivity index (χ2n) is 7.55. The summed E-state index contributed by atoms with van der Waals surface area (Å²) >= 11 is 6.69. The molecule has 1 amide bonds. The molecular weight excluding hydrogens is 442 g/mol. The van der Waals surface area contributed by atoms with Crippen LogP contribution in [0.1, 0.15) is 47.9 Å². The zero-order valence-corrected chi connectivity index (χ0v) is 19.6. The largest absolute Gasteiger partial charge is 0.449 e. The molecule has 1 fully saturated rings. The van der Waals surface area contributed by atoms with E-state index in [0.717, 1.165) is 35.8 Å². The number of thiocarbonyl (C=S) groups is 1. The highest BCUT2D eigenvalue weighted by molar-refractivity contribution is 8.26. The Kier molecular flexibility index (Phi) is 6.77. The molecule has 4 rings (SSSR count). The van der Waals surface area contributed by atoms with E-state index < -0.39 is 5.97 Å². The first-order valence-electron chi connectivity index (χ1n) is 10.5. The molecule has 164 valence electrons. The molecule has 0 aliphatic carbocycles. The Morgan fingerprint density at radius 2 is 1.91 bits per heavy atom. The number of carbonyl (C=O) groups excluding carboxylic acids is 2. The Bertz CT molecular complexity index is 1210. The van der Waals surface area contributed by atoms with Gasteiger partial charge in [-0.3, -0.25) is 9.69 Å². The molecule has 0 radical (unpaired) electrons. The van der Waals surface area contributed by atoms with Gasteiger partial charge < -0.3 is 9.15 Å². The van der Waals surface area contributed by atoms with E-state index >= 15 is 0 Å². The fraction of sp³-hybridized carbons (Fsp3) is 0.240. The maximum Gasteiger partial charge on any atom is 0.379 e. The molecule has 3 aromatic rings. The van der Waals surface area contributed by atoms with Crippen LogP contribution >= 0.6 is 24.0 Å². The Hall–Kier alpha value is -2.90. The molecule has 0 saturated carbocycles. The van der Waals surface area contributed by atoms with E-state index in [9.17, 15) is 9.59 Å². The first-order chi connectivity index (χ1) is 15.5. The minimum Gasteiger partial charge on any atom is -0.449 e. The van der Waals surface area contributed by atoms with E-state index in [-0.39, 0.29) is 11.7 Å². The van der Waals surface area contributed by atoms with Gasteiger partial charge in [0.15, 0.2) is 0 Å². The third kappa shape index (κ3) is 4.64. The fourth-order valence-corrected chi connectivity index (χ4v) is 4.83. The lowest BCUT2D eigenvalue weighted by atomic mass is 10.1. The van der Waals surface area contributed by atoms with Crippen LogP contribution in [0.5, 0.6) is 5.75 Å². The molecule has 2 aromatic carbocycles. The normalized spacial score (nSPS) is 15.2. The summed E-state index contributed by atoms with van der Waals surface area (Å²) in [6, 6.07) is 14.5. The number of hydrogen-bond acceptors (Lipinski definition) is 6. The number of hydrogen-bond donors (Lipinski definition) is 0. The van der Waals surface area contributed by atoms with Gasteiger partial charge in [-0.25, -0.2) is 4.79 Å². The van der Waals surface area contributed by atoms with E-state index in [1.165, 1.54) is 11.8 Å². The van der Waals surface area contributed by atoms with Gasteiger partial charge in [0, 0.05) is 17.5 Å². The lowest BCUT2D eigenvalue weighted by molar-refractivity contribution is -0.122. The van der Waals surface area contributed by atoms with Crippen molar-refractivity contribution in [1.29, 1.82) is 0 Å². The topological polar surface area (TPSA) is 59.8 Å². The number of nitrogens with zero attached hydrogens (tertiary/aromatic N) is 1. The Morgan fingerprint density at radius 1 is 1.16 bits per heavy atom. The van der Waals surface area contributed by atoms with Gasteiger partial charge in [0.1, 0.15) is 15.7 Å². The summed E-state index contributed by atoms with van der Waals surface area (Å²) in [6.07, 6.45) is 4.93. The number of ether oxygens (including phenoxy) is 1. The van der Waals surface area contributed by atoms with E-state index in [1.54, 1.807) is 29.2 Å². The van der Waals surface area contributed by atoms with Crippen molar-refractivity contribution >= 4 is 57.2 Å². The van der Waals surface area contributed by atoms with Crippen LogP contribution in [0.2, 0.25) is 0 Å². The van der Waals surface area contributed by atoms with Crippen LogP contribution in [-0.4, -0.2) is 27.6 Å². The van der Waals surface area contributed by atoms with Crippen molar-refractivity contribution in [1.82, 2.24) is 4.90 Å². The average molecular weight is 466 g/mol. The molecule has 0 unspecified atom stereocenters. The third-order valence-corrected chi connectivity index (χ3v) is 6.65. The number of carbonyl (C=O) groups is 2. The van der Waals surface area contributed by atoms with Crippen LogP contribution in [0.3, 0.4) is 0 Å². The summed E-state index contributed by atoms with van der Waals surface area (Å²) in [7, 11) is 0. The minimum absolute atomic E-state index is 0.0491. The van der Waals surface area contributed by atoms with Gasteiger partial charge >= 0.3 is 5.97 Å². The summed E-state index contributed by atoms with van der Waals surface area (Å²) in [5.74, 6) is 0.00696. The van der Waals surface area contributed by atoms with E-state index in [1.807, 2.05) is 37.3 Å². The fourth-order valence-electron chi connectivity index (χ4n) is 3.52. The van der Waals surface area contributed by atoms with Crippen molar-refractivity contribution in [3.05, 3.63) is 70.3 Å². The lowest BCUT2D eigenvalue weighted by Gasteiger charge is -2.13. The number of benzene rings is 2. The van der Waals surface area contributed by atoms with E-state index in [0.29, 0.717) is 27.1 Å². The number of amides is 1. The van der Waals surface area contributed by atoms with Crippen molar-refractivity contribution in [2.24, 2.45) is 0 Å². The number of rotatable bonds is 7. The molecule has 32 heavy (non-hydrogen) atoms.